The highest BCUT2D eigenvalue weighted by Crippen LogP contribution is 2.13. The van der Waals surface area contributed by atoms with Gasteiger partial charge in [0.05, 0.1) is 11.5 Å². The zero-order valence-corrected chi connectivity index (χ0v) is 15.9. The topological polar surface area (TPSA) is 114 Å². The molecular formula is C16H20ClN3O5S. The van der Waals surface area contributed by atoms with Crippen LogP contribution in [0.4, 0.5) is 10.5 Å². The zero-order valence-electron chi connectivity index (χ0n) is 14.3. The molecule has 4 amide bonds. The molecule has 0 spiro atoms. The molecule has 0 aliphatic carbocycles. The van der Waals surface area contributed by atoms with Crippen molar-refractivity contribution in [3.63, 3.8) is 0 Å². The number of amides is 4. The number of carbonyl (C=O) groups is 4. The Bertz CT molecular complexity index is 652. The normalized spacial score (nSPS) is 10.2. The van der Waals surface area contributed by atoms with E-state index in [1.165, 1.54) is 0 Å². The number of anilines is 1. The van der Waals surface area contributed by atoms with Gasteiger partial charge in [-0.2, -0.15) is 0 Å². The summed E-state index contributed by atoms with van der Waals surface area (Å²) in [4.78, 5) is 46.0. The maximum Gasteiger partial charge on any atom is 0.321 e. The van der Waals surface area contributed by atoms with Crippen molar-refractivity contribution in [1.82, 2.24) is 10.6 Å². The van der Waals surface area contributed by atoms with Gasteiger partial charge in [0.15, 0.2) is 6.61 Å². The Labute approximate surface area is 160 Å². The second-order valence-electron chi connectivity index (χ2n) is 5.38. The first-order valence-electron chi connectivity index (χ1n) is 7.65. The van der Waals surface area contributed by atoms with Crippen molar-refractivity contribution in [2.24, 2.45) is 0 Å². The van der Waals surface area contributed by atoms with Crippen molar-refractivity contribution in [2.45, 2.75) is 19.9 Å². The lowest BCUT2D eigenvalue weighted by molar-refractivity contribution is -0.145. The van der Waals surface area contributed by atoms with Crippen LogP contribution in [0.3, 0.4) is 0 Å². The van der Waals surface area contributed by atoms with Crippen LogP contribution in [-0.4, -0.2) is 48.0 Å². The lowest BCUT2D eigenvalue weighted by atomic mass is 10.3. The zero-order chi connectivity index (χ0) is 19.5. The third-order valence-corrected chi connectivity index (χ3v) is 3.78. The van der Waals surface area contributed by atoms with Crippen molar-refractivity contribution < 1.29 is 23.9 Å². The van der Waals surface area contributed by atoms with Crippen molar-refractivity contribution >= 4 is 52.9 Å². The van der Waals surface area contributed by atoms with Crippen molar-refractivity contribution in [1.29, 1.82) is 0 Å². The predicted molar refractivity (Wildman–Crippen MR) is 100 cm³/mol. The van der Waals surface area contributed by atoms with Crippen LogP contribution in [0.15, 0.2) is 24.3 Å². The number of halogens is 1. The van der Waals surface area contributed by atoms with Crippen LogP contribution in [0.25, 0.3) is 0 Å². The molecule has 1 rings (SSSR count). The van der Waals surface area contributed by atoms with Crippen molar-refractivity contribution in [3.8, 4) is 0 Å². The molecule has 0 aliphatic heterocycles. The minimum Gasteiger partial charge on any atom is -0.455 e. The summed E-state index contributed by atoms with van der Waals surface area (Å²) < 4.78 is 4.72. The van der Waals surface area contributed by atoms with Crippen LogP contribution < -0.4 is 16.0 Å². The van der Waals surface area contributed by atoms with Gasteiger partial charge in [0.2, 0.25) is 5.91 Å². The van der Waals surface area contributed by atoms with E-state index in [1.807, 2.05) is 5.32 Å². The molecule has 1 aromatic rings. The molecule has 8 nitrogen and oxygen atoms in total. The largest absolute Gasteiger partial charge is 0.455 e. The highest BCUT2D eigenvalue weighted by atomic mass is 35.5. The number of nitrogens with one attached hydrogen (secondary N) is 3. The van der Waals surface area contributed by atoms with E-state index in [-0.39, 0.29) is 23.5 Å². The number of urea groups is 1. The van der Waals surface area contributed by atoms with E-state index < -0.39 is 24.5 Å². The van der Waals surface area contributed by atoms with E-state index in [2.05, 4.69) is 10.6 Å². The van der Waals surface area contributed by atoms with Crippen LogP contribution in [0.2, 0.25) is 5.02 Å². The summed E-state index contributed by atoms with van der Waals surface area (Å²) in [6, 6.07) is 5.83. The molecular weight excluding hydrogens is 382 g/mol. The average molecular weight is 402 g/mol. The summed E-state index contributed by atoms with van der Waals surface area (Å²) in [6.07, 6.45) is 0. The van der Waals surface area contributed by atoms with E-state index in [4.69, 9.17) is 16.3 Å². The highest BCUT2D eigenvalue weighted by molar-refractivity contribution is 8.00. The summed E-state index contributed by atoms with van der Waals surface area (Å²) in [7, 11) is 0. The summed E-state index contributed by atoms with van der Waals surface area (Å²) in [6.45, 7) is 2.91. The van der Waals surface area contributed by atoms with Gasteiger partial charge in [0, 0.05) is 16.8 Å². The standard InChI is InChI=1S/C16H20ClN3O5S/c1-10(2)18-16(24)20-13(21)7-25-15(23)9-26-8-14(22)19-12-5-3-11(17)4-6-12/h3-6,10H,7-9H2,1-2H3,(H,19,22)(H2,18,20,21,24). The Morgan fingerprint density at radius 1 is 1.08 bits per heavy atom. The molecule has 0 radical (unpaired) electrons. The first-order valence-corrected chi connectivity index (χ1v) is 9.18. The van der Waals surface area contributed by atoms with Gasteiger partial charge in [0.1, 0.15) is 0 Å². The average Bonchev–Trinajstić information content (AvgIpc) is 2.54. The van der Waals surface area contributed by atoms with Crippen LogP contribution in [0, 0.1) is 0 Å². The minimum absolute atomic E-state index is 0.0424. The van der Waals surface area contributed by atoms with E-state index in [0.717, 1.165) is 11.8 Å². The molecule has 3 N–H and O–H groups in total. The number of hydrogen-bond acceptors (Lipinski definition) is 6. The summed E-state index contributed by atoms with van der Waals surface area (Å²) in [5, 5.41) is 7.70. The Balaban J connectivity index is 2.17. The molecule has 0 aromatic heterocycles. The Morgan fingerprint density at radius 2 is 1.73 bits per heavy atom. The minimum atomic E-state index is -0.734. The summed E-state index contributed by atoms with van der Waals surface area (Å²) in [5.41, 5.74) is 0.596. The van der Waals surface area contributed by atoms with E-state index in [1.54, 1.807) is 38.1 Å². The van der Waals surface area contributed by atoms with Gasteiger partial charge in [-0.15, -0.1) is 11.8 Å². The third kappa shape index (κ3) is 9.90. The number of hydrogen-bond donors (Lipinski definition) is 3. The highest BCUT2D eigenvalue weighted by Gasteiger charge is 2.12. The maximum atomic E-state index is 11.7. The number of imide groups is 1. The van der Waals surface area contributed by atoms with Gasteiger partial charge in [-0.05, 0) is 38.1 Å². The lowest BCUT2D eigenvalue weighted by Gasteiger charge is -2.09. The SMILES string of the molecule is CC(C)NC(=O)NC(=O)COC(=O)CSCC(=O)Nc1ccc(Cl)cc1. The Kier molecular flexibility index (Phi) is 9.53. The molecule has 0 fully saturated rings. The number of thioether (sulfide) groups is 1. The number of carbonyl (C=O) groups excluding carboxylic acids is 4. The Morgan fingerprint density at radius 3 is 2.35 bits per heavy atom. The molecule has 142 valence electrons. The first-order chi connectivity index (χ1) is 12.3. The predicted octanol–water partition coefficient (Wildman–Crippen LogP) is 1.79. The molecule has 26 heavy (non-hydrogen) atoms. The summed E-state index contributed by atoms with van der Waals surface area (Å²) >= 11 is 6.79. The molecule has 0 bridgehead atoms. The molecule has 0 aliphatic rings. The Hall–Kier alpha value is -2.26. The molecule has 0 atom stereocenters. The molecule has 0 heterocycles. The van der Waals surface area contributed by atoms with Gasteiger partial charge in [-0.1, -0.05) is 11.6 Å². The van der Waals surface area contributed by atoms with Gasteiger partial charge in [-0.25, -0.2) is 4.79 Å². The molecule has 10 heteroatoms. The quantitative estimate of drug-likeness (QED) is 0.572. The fourth-order valence-electron chi connectivity index (χ4n) is 1.61. The molecule has 0 saturated heterocycles. The van der Waals surface area contributed by atoms with Crippen LogP contribution in [-0.2, 0) is 19.1 Å². The maximum absolute atomic E-state index is 11.7. The fourth-order valence-corrected chi connectivity index (χ4v) is 2.34. The number of ether oxygens (including phenoxy) is 1. The molecule has 0 saturated carbocycles. The smallest absolute Gasteiger partial charge is 0.321 e. The van der Waals surface area contributed by atoms with E-state index in [9.17, 15) is 19.2 Å². The monoisotopic (exact) mass is 401 g/mol. The third-order valence-electron chi connectivity index (χ3n) is 2.62. The second-order valence-corrected chi connectivity index (χ2v) is 6.81. The number of rotatable bonds is 8. The van der Waals surface area contributed by atoms with Gasteiger partial charge < -0.3 is 15.4 Å². The number of esters is 1. The van der Waals surface area contributed by atoms with Gasteiger partial charge >= 0.3 is 12.0 Å². The lowest BCUT2D eigenvalue weighted by Crippen LogP contribution is -2.44. The van der Waals surface area contributed by atoms with Crippen LogP contribution in [0.5, 0.6) is 0 Å². The fraction of sp³-hybridized carbons (Fsp3) is 0.375. The first kappa shape index (κ1) is 21.8. The van der Waals surface area contributed by atoms with E-state index >= 15 is 0 Å². The van der Waals surface area contributed by atoms with Crippen molar-refractivity contribution in [3.05, 3.63) is 29.3 Å². The summed E-state index contributed by atoms with van der Waals surface area (Å²) in [5.74, 6) is -1.73. The number of benzene rings is 1. The second kappa shape index (κ2) is 11.4. The van der Waals surface area contributed by atoms with Crippen molar-refractivity contribution in [2.75, 3.05) is 23.4 Å². The van der Waals surface area contributed by atoms with E-state index in [0.29, 0.717) is 10.7 Å². The van der Waals surface area contributed by atoms with Crippen LogP contribution in [0.1, 0.15) is 13.8 Å². The molecule has 0 unspecified atom stereocenters. The van der Waals surface area contributed by atoms with Crippen LogP contribution >= 0.6 is 23.4 Å². The molecule has 1 aromatic carbocycles. The van der Waals surface area contributed by atoms with Gasteiger partial charge in [0.25, 0.3) is 5.91 Å². The van der Waals surface area contributed by atoms with Gasteiger partial charge in [-0.3, -0.25) is 19.7 Å².